The minimum absolute atomic E-state index is 0.0750. The summed E-state index contributed by atoms with van der Waals surface area (Å²) in [6.07, 6.45) is 4.78. The van der Waals surface area contributed by atoms with Gasteiger partial charge in [0, 0.05) is 37.5 Å². The molecule has 1 amide bonds. The molecule has 30 heavy (non-hydrogen) atoms. The number of nitrogens with zero attached hydrogens (tertiary/aromatic N) is 3. The van der Waals surface area contributed by atoms with Crippen LogP contribution in [0.3, 0.4) is 0 Å². The van der Waals surface area contributed by atoms with Gasteiger partial charge in [-0.05, 0) is 42.0 Å². The summed E-state index contributed by atoms with van der Waals surface area (Å²) < 4.78 is 18.3. The lowest BCUT2D eigenvalue weighted by atomic mass is 10.0. The molecular weight excluding hydrogens is 387 g/mol. The number of hydrogen-bond donors (Lipinski definition) is 2. The Morgan fingerprint density at radius 1 is 1.30 bits per heavy atom. The van der Waals surface area contributed by atoms with Crippen LogP contribution >= 0.6 is 0 Å². The van der Waals surface area contributed by atoms with Gasteiger partial charge in [0.2, 0.25) is 0 Å². The van der Waals surface area contributed by atoms with E-state index in [1.807, 2.05) is 0 Å². The Balaban J connectivity index is 1.77. The van der Waals surface area contributed by atoms with E-state index in [1.54, 1.807) is 36.0 Å². The lowest BCUT2D eigenvalue weighted by Gasteiger charge is -2.11. The number of aryl methyl sites for hydroxylation is 1. The van der Waals surface area contributed by atoms with E-state index in [0.29, 0.717) is 22.3 Å². The Bertz CT molecular complexity index is 1290. The lowest BCUT2D eigenvalue weighted by Crippen LogP contribution is -2.13. The third-order valence-corrected chi connectivity index (χ3v) is 4.80. The summed E-state index contributed by atoms with van der Waals surface area (Å²) in [4.78, 5) is 24.9. The molecule has 3 aromatic heterocycles. The van der Waals surface area contributed by atoms with E-state index in [4.69, 9.17) is 0 Å². The van der Waals surface area contributed by atoms with Crippen molar-refractivity contribution in [3.8, 4) is 11.1 Å². The molecule has 3 heterocycles. The molecule has 8 heteroatoms. The SMILES string of the molecule is CC(=O)c1cc(C(=O)Nc2cc(CO)cc(-c3cnn(C)c3)c2F)c2c[c]ccn12. The first kappa shape index (κ1) is 19.5. The lowest BCUT2D eigenvalue weighted by molar-refractivity contribution is 0.101. The first-order chi connectivity index (χ1) is 14.4. The van der Waals surface area contributed by atoms with Crippen molar-refractivity contribution in [1.29, 1.82) is 0 Å². The number of nitrogens with one attached hydrogen (secondary N) is 1. The quantitative estimate of drug-likeness (QED) is 0.499. The topological polar surface area (TPSA) is 88.6 Å². The molecular formula is C22H18FN4O3. The van der Waals surface area contributed by atoms with E-state index >= 15 is 4.39 Å². The van der Waals surface area contributed by atoms with Crippen molar-refractivity contribution in [2.75, 3.05) is 5.32 Å². The molecule has 151 valence electrons. The fraction of sp³-hybridized carbons (Fsp3) is 0.136. The van der Waals surface area contributed by atoms with Gasteiger partial charge in [-0.15, -0.1) is 0 Å². The highest BCUT2D eigenvalue weighted by Gasteiger charge is 2.20. The van der Waals surface area contributed by atoms with Crippen LogP contribution in [0.4, 0.5) is 10.1 Å². The van der Waals surface area contributed by atoms with Gasteiger partial charge in [-0.25, -0.2) is 4.39 Å². The molecule has 4 rings (SSSR count). The molecule has 0 atom stereocenters. The molecule has 1 radical (unpaired) electrons. The second-order valence-corrected chi connectivity index (χ2v) is 6.90. The summed E-state index contributed by atoms with van der Waals surface area (Å²) in [5.74, 6) is -1.43. The van der Waals surface area contributed by atoms with Gasteiger partial charge < -0.3 is 14.8 Å². The number of benzene rings is 1. The fourth-order valence-electron chi connectivity index (χ4n) is 3.37. The van der Waals surface area contributed by atoms with Crippen molar-refractivity contribution >= 4 is 22.9 Å². The number of anilines is 1. The van der Waals surface area contributed by atoms with Gasteiger partial charge in [-0.3, -0.25) is 14.3 Å². The molecule has 0 fully saturated rings. The van der Waals surface area contributed by atoms with Crippen molar-refractivity contribution in [2.24, 2.45) is 7.05 Å². The maximum absolute atomic E-state index is 15.2. The van der Waals surface area contributed by atoms with E-state index in [2.05, 4.69) is 16.5 Å². The third kappa shape index (κ3) is 3.37. The maximum atomic E-state index is 15.2. The number of hydrogen-bond acceptors (Lipinski definition) is 4. The van der Waals surface area contributed by atoms with E-state index in [9.17, 15) is 14.7 Å². The minimum atomic E-state index is -0.643. The second kappa shape index (κ2) is 7.57. The molecule has 0 spiro atoms. The molecule has 7 nitrogen and oxygen atoms in total. The Morgan fingerprint density at radius 3 is 2.77 bits per heavy atom. The molecule has 0 bridgehead atoms. The Morgan fingerprint density at radius 2 is 2.10 bits per heavy atom. The summed E-state index contributed by atoms with van der Waals surface area (Å²) in [5.41, 5.74) is 2.12. The number of pyridine rings is 1. The van der Waals surface area contributed by atoms with Crippen molar-refractivity contribution in [1.82, 2.24) is 14.2 Å². The standard InChI is InChI=1S/C22H18FN4O3/c1-13(29)20-9-17(19-5-3-4-6-27(19)20)22(30)25-18-8-14(12-28)7-16(21(18)23)15-10-24-26(2)11-15/h4-11,28H,12H2,1-2H3,(H,25,30). The van der Waals surface area contributed by atoms with Crippen molar-refractivity contribution in [3.05, 3.63) is 77.6 Å². The van der Waals surface area contributed by atoms with E-state index in [-0.39, 0.29) is 29.2 Å². The molecule has 0 unspecified atom stereocenters. The highest BCUT2D eigenvalue weighted by Crippen LogP contribution is 2.30. The Kier molecular flexibility index (Phi) is 4.93. The summed E-state index contributed by atoms with van der Waals surface area (Å²) >= 11 is 0. The van der Waals surface area contributed by atoms with Crippen LogP contribution in [0.5, 0.6) is 0 Å². The Hall–Kier alpha value is -3.78. The van der Waals surface area contributed by atoms with Gasteiger partial charge in [0.15, 0.2) is 11.6 Å². The second-order valence-electron chi connectivity index (χ2n) is 6.90. The average Bonchev–Trinajstić information content (AvgIpc) is 3.33. The van der Waals surface area contributed by atoms with Gasteiger partial charge in [-0.1, -0.05) is 0 Å². The highest BCUT2D eigenvalue weighted by molar-refractivity contribution is 6.11. The maximum Gasteiger partial charge on any atom is 0.257 e. The molecule has 2 N–H and O–H groups in total. The predicted octanol–water partition coefficient (Wildman–Crippen LogP) is 3.23. The van der Waals surface area contributed by atoms with Crippen LogP contribution in [0.2, 0.25) is 0 Å². The number of carbonyl (C=O) groups is 2. The molecule has 0 aliphatic heterocycles. The molecule has 0 aliphatic carbocycles. The number of ketones is 1. The van der Waals surface area contributed by atoms with Crippen LogP contribution in [-0.4, -0.2) is 31.0 Å². The average molecular weight is 405 g/mol. The predicted molar refractivity (Wildman–Crippen MR) is 109 cm³/mol. The van der Waals surface area contributed by atoms with Gasteiger partial charge in [0.1, 0.15) is 0 Å². The third-order valence-electron chi connectivity index (χ3n) is 4.80. The number of amides is 1. The number of Topliss-reactive ketones (excluding diaryl/α,β-unsaturated/α-hetero) is 1. The normalized spacial score (nSPS) is 11.1. The van der Waals surface area contributed by atoms with Crippen LogP contribution in [0.15, 0.2) is 48.9 Å². The number of aliphatic hydroxyl groups excluding tert-OH is 1. The zero-order valence-electron chi connectivity index (χ0n) is 16.3. The van der Waals surface area contributed by atoms with E-state index in [1.165, 1.54) is 36.0 Å². The zero-order valence-corrected chi connectivity index (χ0v) is 16.3. The van der Waals surface area contributed by atoms with Crippen LogP contribution in [0.1, 0.15) is 33.3 Å². The molecule has 0 saturated carbocycles. The van der Waals surface area contributed by atoms with Crippen LogP contribution < -0.4 is 5.32 Å². The van der Waals surface area contributed by atoms with Gasteiger partial charge in [0.05, 0.1) is 35.3 Å². The van der Waals surface area contributed by atoms with E-state index in [0.717, 1.165) is 0 Å². The van der Waals surface area contributed by atoms with E-state index < -0.39 is 11.7 Å². The van der Waals surface area contributed by atoms with Gasteiger partial charge in [0.25, 0.3) is 5.91 Å². The zero-order chi connectivity index (χ0) is 21.4. The molecule has 0 aliphatic rings. The highest BCUT2D eigenvalue weighted by atomic mass is 19.1. The number of aliphatic hydroxyl groups is 1. The van der Waals surface area contributed by atoms with Crippen LogP contribution in [-0.2, 0) is 13.7 Å². The monoisotopic (exact) mass is 405 g/mol. The summed E-state index contributed by atoms with van der Waals surface area (Å²) in [6.45, 7) is 1.08. The minimum Gasteiger partial charge on any atom is -0.392 e. The summed E-state index contributed by atoms with van der Waals surface area (Å²) in [6, 6.07) is 10.5. The number of halogens is 1. The smallest absolute Gasteiger partial charge is 0.257 e. The van der Waals surface area contributed by atoms with Crippen molar-refractivity contribution in [3.63, 3.8) is 0 Å². The van der Waals surface area contributed by atoms with Crippen LogP contribution in [0.25, 0.3) is 16.6 Å². The first-order valence-electron chi connectivity index (χ1n) is 9.14. The van der Waals surface area contributed by atoms with Gasteiger partial charge in [-0.2, -0.15) is 5.10 Å². The summed E-state index contributed by atoms with van der Waals surface area (Å²) in [7, 11) is 1.71. The fourth-order valence-corrected chi connectivity index (χ4v) is 3.37. The molecule has 0 saturated heterocycles. The summed E-state index contributed by atoms with van der Waals surface area (Å²) in [5, 5.41) is 16.2. The van der Waals surface area contributed by atoms with Gasteiger partial charge >= 0.3 is 0 Å². The largest absolute Gasteiger partial charge is 0.392 e. The first-order valence-corrected chi connectivity index (χ1v) is 9.14. The number of rotatable bonds is 5. The van der Waals surface area contributed by atoms with Crippen molar-refractivity contribution in [2.45, 2.75) is 13.5 Å². The number of carbonyl (C=O) groups excluding carboxylic acids is 2. The number of aromatic nitrogens is 3. The molecule has 1 aromatic carbocycles. The number of fused-ring (bicyclic) bond motifs is 1. The molecule has 4 aromatic rings. The van der Waals surface area contributed by atoms with Crippen molar-refractivity contribution < 1.29 is 19.1 Å². The van der Waals surface area contributed by atoms with Crippen LogP contribution in [0, 0.1) is 11.9 Å². The Labute approximate surface area is 171 Å².